The number of methoxy groups -OCH3 is 1. The summed E-state index contributed by atoms with van der Waals surface area (Å²) in [5.41, 5.74) is 2.40. The molecule has 0 aliphatic rings. The first-order chi connectivity index (χ1) is 12.1. The maximum absolute atomic E-state index is 11.6. The molecule has 0 radical (unpaired) electrons. The molecule has 128 valence electrons. The molecule has 0 aliphatic carbocycles. The van der Waals surface area contributed by atoms with Gasteiger partial charge >= 0.3 is 11.6 Å². The van der Waals surface area contributed by atoms with E-state index in [-0.39, 0.29) is 18.2 Å². The Morgan fingerprint density at radius 3 is 2.72 bits per heavy atom. The van der Waals surface area contributed by atoms with Gasteiger partial charge in [-0.1, -0.05) is 19.1 Å². The fourth-order valence-electron chi connectivity index (χ4n) is 2.67. The van der Waals surface area contributed by atoms with Crippen molar-refractivity contribution >= 4 is 16.9 Å². The highest BCUT2D eigenvalue weighted by molar-refractivity contribution is 5.89. The van der Waals surface area contributed by atoms with Crippen LogP contribution in [-0.4, -0.2) is 13.1 Å². The normalized spacial score (nSPS) is 10.6. The van der Waals surface area contributed by atoms with Crippen molar-refractivity contribution in [2.24, 2.45) is 0 Å². The molecule has 25 heavy (non-hydrogen) atoms. The summed E-state index contributed by atoms with van der Waals surface area (Å²) >= 11 is 0. The molecule has 0 saturated heterocycles. The molecule has 0 saturated carbocycles. The van der Waals surface area contributed by atoms with E-state index >= 15 is 0 Å². The number of ether oxygens (including phenoxy) is 2. The zero-order valence-electron chi connectivity index (χ0n) is 14.1. The standard InChI is InChI=1S/C20H18O5/c1-3-14-10-19(21)25-18-11-16(7-8-17(14)18)24-12-13-5-4-6-15(9-13)20(22)23-2/h4-11H,3,12H2,1-2H3. The molecular weight excluding hydrogens is 320 g/mol. The third-order valence-electron chi connectivity index (χ3n) is 3.94. The van der Waals surface area contributed by atoms with Gasteiger partial charge in [0.2, 0.25) is 0 Å². The minimum atomic E-state index is -0.388. The number of fused-ring (bicyclic) bond motifs is 1. The lowest BCUT2D eigenvalue weighted by Crippen LogP contribution is -2.03. The molecule has 3 aromatic rings. The molecule has 0 N–H and O–H groups in total. The second-order valence-corrected chi connectivity index (χ2v) is 5.58. The van der Waals surface area contributed by atoms with E-state index in [1.54, 1.807) is 24.3 Å². The van der Waals surface area contributed by atoms with Gasteiger partial charge in [0.05, 0.1) is 12.7 Å². The summed E-state index contributed by atoms with van der Waals surface area (Å²) in [6.45, 7) is 2.28. The summed E-state index contributed by atoms with van der Waals surface area (Å²) in [7, 11) is 1.35. The van der Waals surface area contributed by atoms with Gasteiger partial charge in [0.15, 0.2) is 0 Å². The second kappa shape index (κ2) is 7.21. The Labute approximate surface area is 144 Å². The maximum Gasteiger partial charge on any atom is 0.337 e. The summed E-state index contributed by atoms with van der Waals surface area (Å²) < 4.78 is 15.7. The number of carbonyl (C=O) groups excluding carboxylic acids is 1. The number of esters is 1. The fraction of sp³-hybridized carbons (Fsp3) is 0.200. The predicted molar refractivity (Wildman–Crippen MR) is 94.0 cm³/mol. The van der Waals surface area contributed by atoms with E-state index in [1.165, 1.54) is 13.2 Å². The SMILES string of the molecule is CCc1cc(=O)oc2cc(OCc3cccc(C(=O)OC)c3)ccc12. The Morgan fingerprint density at radius 2 is 1.96 bits per heavy atom. The van der Waals surface area contributed by atoms with Gasteiger partial charge in [-0.25, -0.2) is 9.59 Å². The van der Waals surface area contributed by atoms with E-state index in [9.17, 15) is 9.59 Å². The molecule has 5 nitrogen and oxygen atoms in total. The number of rotatable bonds is 5. The molecule has 2 aromatic carbocycles. The van der Waals surface area contributed by atoms with Crippen molar-refractivity contribution in [2.75, 3.05) is 7.11 Å². The lowest BCUT2D eigenvalue weighted by Gasteiger charge is -2.09. The zero-order chi connectivity index (χ0) is 17.8. The van der Waals surface area contributed by atoms with Gasteiger partial charge in [0.25, 0.3) is 0 Å². The van der Waals surface area contributed by atoms with Gasteiger partial charge < -0.3 is 13.9 Å². The van der Waals surface area contributed by atoms with Crippen LogP contribution in [0.4, 0.5) is 0 Å². The van der Waals surface area contributed by atoms with Crippen molar-refractivity contribution < 1.29 is 18.7 Å². The van der Waals surface area contributed by atoms with Crippen molar-refractivity contribution in [3.63, 3.8) is 0 Å². The molecular formula is C20H18O5. The minimum absolute atomic E-state index is 0.286. The Balaban J connectivity index is 1.82. The number of hydrogen-bond donors (Lipinski definition) is 0. The lowest BCUT2D eigenvalue weighted by atomic mass is 10.1. The van der Waals surface area contributed by atoms with Crippen LogP contribution in [0.5, 0.6) is 5.75 Å². The van der Waals surface area contributed by atoms with Crippen molar-refractivity contribution in [3.05, 3.63) is 75.6 Å². The summed E-state index contributed by atoms with van der Waals surface area (Å²) in [4.78, 5) is 23.2. The number of aryl methyl sites for hydroxylation is 1. The number of carbonyl (C=O) groups is 1. The van der Waals surface area contributed by atoms with Gasteiger partial charge in [-0.2, -0.15) is 0 Å². The van der Waals surface area contributed by atoms with Crippen LogP contribution >= 0.6 is 0 Å². The third-order valence-corrected chi connectivity index (χ3v) is 3.94. The van der Waals surface area contributed by atoms with E-state index in [0.29, 0.717) is 16.9 Å². The monoisotopic (exact) mass is 338 g/mol. The molecule has 3 rings (SSSR count). The van der Waals surface area contributed by atoms with Crippen LogP contribution in [0.1, 0.15) is 28.4 Å². The molecule has 0 spiro atoms. The van der Waals surface area contributed by atoms with Gasteiger partial charge in [0.1, 0.15) is 17.9 Å². The number of hydrogen-bond acceptors (Lipinski definition) is 5. The molecule has 0 amide bonds. The predicted octanol–water partition coefficient (Wildman–Crippen LogP) is 3.72. The van der Waals surface area contributed by atoms with Gasteiger partial charge in [0, 0.05) is 17.5 Å². The first kappa shape index (κ1) is 16.8. The largest absolute Gasteiger partial charge is 0.489 e. The Hall–Kier alpha value is -3.08. The highest BCUT2D eigenvalue weighted by Gasteiger charge is 2.08. The van der Waals surface area contributed by atoms with Gasteiger partial charge in [-0.05, 0) is 41.8 Å². The van der Waals surface area contributed by atoms with E-state index in [2.05, 4.69) is 0 Å². The van der Waals surface area contributed by atoms with E-state index < -0.39 is 0 Å². The van der Waals surface area contributed by atoms with E-state index in [1.807, 2.05) is 25.1 Å². The van der Waals surface area contributed by atoms with Crippen LogP contribution in [-0.2, 0) is 17.8 Å². The zero-order valence-corrected chi connectivity index (χ0v) is 14.1. The topological polar surface area (TPSA) is 65.7 Å². The van der Waals surface area contributed by atoms with E-state index in [4.69, 9.17) is 13.9 Å². The first-order valence-electron chi connectivity index (χ1n) is 7.97. The third kappa shape index (κ3) is 3.71. The van der Waals surface area contributed by atoms with Crippen molar-refractivity contribution in [2.45, 2.75) is 20.0 Å². The first-order valence-corrected chi connectivity index (χ1v) is 7.97. The molecule has 5 heteroatoms. The van der Waals surface area contributed by atoms with Crippen LogP contribution in [0.25, 0.3) is 11.0 Å². The molecule has 1 heterocycles. The van der Waals surface area contributed by atoms with Crippen molar-refractivity contribution in [1.82, 2.24) is 0 Å². The summed E-state index contributed by atoms with van der Waals surface area (Å²) in [6, 6.07) is 14.0. The fourth-order valence-corrected chi connectivity index (χ4v) is 2.67. The smallest absolute Gasteiger partial charge is 0.337 e. The van der Waals surface area contributed by atoms with E-state index in [0.717, 1.165) is 22.9 Å². The van der Waals surface area contributed by atoms with Gasteiger partial charge in [-0.3, -0.25) is 0 Å². The molecule has 0 atom stereocenters. The highest BCUT2D eigenvalue weighted by atomic mass is 16.5. The number of benzene rings is 2. The summed E-state index contributed by atoms with van der Waals surface area (Å²) in [6.07, 6.45) is 0.753. The lowest BCUT2D eigenvalue weighted by molar-refractivity contribution is 0.0600. The summed E-state index contributed by atoms with van der Waals surface area (Å²) in [5, 5.41) is 0.905. The quantitative estimate of drug-likeness (QED) is 0.524. The average Bonchev–Trinajstić information content (AvgIpc) is 2.64. The Morgan fingerprint density at radius 1 is 1.12 bits per heavy atom. The molecule has 0 bridgehead atoms. The van der Waals surface area contributed by atoms with Crippen LogP contribution in [0, 0.1) is 0 Å². The molecule has 0 fully saturated rings. The molecule has 0 aliphatic heterocycles. The minimum Gasteiger partial charge on any atom is -0.489 e. The highest BCUT2D eigenvalue weighted by Crippen LogP contribution is 2.23. The summed E-state index contributed by atoms with van der Waals surface area (Å²) in [5.74, 6) is 0.203. The second-order valence-electron chi connectivity index (χ2n) is 5.58. The Kier molecular flexibility index (Phi) is 4.84. The van der Waals surface area contributed by atoms with Crippen LogP contribution < -0.4 is 10.4 Å². The van der Waals surface area contributed by atoms with Crippen molar-refractivity contribution in [1.29, 1.82) is 0 Å². The molecule has 0 unspecified atom stereocenters. The Bertz CT molecular complexity index is 971. The van der Waals surface area contributed by atoms with Crippen LogP contribution in [0.2, 0.25) is 0 Å². The average molecular weight is 338 g/mol. The molecule has 1 aromatic heterocycles. The van der Waals surface area contributed by atoms with Crippen molar-refractivity contribution in [3.8, 4) is 5.75 Å². The maximum atomic E-state index is 11.6. The van der Waals surface area contributed by atoms with Crippen LogP contribution in [0.15, 0.2) is 57.7 Å². The van der Waals surface area contributed by atoms with Crippen LogP contribution in [0.3, 0.4) is 0 Å². The van der Waals surface area contributed by atoms with Gasteiger partial charge in [-0.15, -0.1) is 0 Å².